The summed E-state index contributed by atoms with van der Waals surface area (Å²) < 4.78 is 0. The number of aromatic hydroxyl groups is 1. The van der Waals surface area contributed by atoms with Crippen molar-refractivity contribution in [2.75, 3.05) is 5.32 Å². The van der Waals surface area contributed by atoms with Gasteiger partial charge in [-0.3, -0.25) is 4.79 Å². The summed E-state index contributed by atoms with van der Waals surface area (Å²) in [4.78, 5) is 20.5. The van der Waals surface area contributed by atoms with E-state index in [0.717, 1.165) is 11.1 Å². The highest BCUT2D eigenvalue weighted by molar-refractivity contribution is 5.90. The molecule has 3 rings (SSSR count). The topological polar surface area (TPSA) is 75.1 Å². The van der Waals surface area contributed by atoms with Crippen LogP contribution in [-0.2, 0) is 11.2 Å². The van der Waals surface area contributed by atoms with Crippen LogP contribution >= 0.6 is 0 Å². The first-order valence-electron chi connectivity index (χ1n) is 8.07. The summed E-state index contributed by atoms with van der Waals surface area (Å²) in [6.45, 7) is 2.04. The molecule has 0 fully saturated rings. The Hall–Kier alpha value is -3.21. The van der Waals surface area contributed by atoms with Crippen molar-refractivity contribution in [2.45, 2.75) is 19.8 Å². The summed E-state index contributed by atoms with van der Waals surface area (Å²) in [5, 5.41) is 12.3. The van der Waals surface area contributed by atoms with E-state index >= 15 is 0 Å². The first-order valence-corrected chi connectivity index (χ1v) is 8.07. The molecule has 2 N–H and O–H groups in total. The van der Waals surface area contributed by atoms with E-state index in [-0.39, 0.29) is 11.7 Å². The van der Waals surface area contributed by atoms with Crippen LogP contribution in [0.15, 0.2) is 60.9 Å². The van der Waals surface area contributed by atoms with Crippen LogP contribution in [0.2, 0.25) is 0 Å². The number of amides is 1. The van der Waals surface area contributed by atoms with Gasteiger partial charge in [-0.15, -0.1) is 0 Å². The van der Waals surface area contributed by atoms with Gasteiger partial charge in [-0.25, -0.2) is 9.97 Å². The molecule has 126 valence electrons. The Labute approximate surface area is 146 Å². The van der Waals surface area contributed by atoms with Gasteiger partial charge in [0, 0.05) is 12.0 Å². The molecule has 1 heterocycles. The zero-order valence-electron chi connectivity index (χ0n) is 13.9. The van der Waals surface area contributed by atoms with Crippen LogP contribution in [0.3, 0.4) is 0 Å². The van der Waals surface area contributed by atoms with Crippen LogP contribution in [0.5, 0.6) is 5.75 Å². The van der Waals surface area contributed by atoms with Gasteiger partial charge < -0.3 is 10.4 Å². The number of hydrogen-bond acceptors (Lipinski definition) is 4. The summed E-state index contributed by atoms with van der Waals surface area (Å²) in [6, 6.07) is 14.9. The molecule has 0 bridgehead atoms. The Morgan fingerprint density at radius 3 is 2.56 bits per heavy atom. The fourth-order valence-electron chi connectivity index (χ4n) is 2.54. The smallest absolute Gasteiger partial charge is 0.224 e. The zero-order chi connectivity index (χ0) is 17.6. The van der Waals surface area contributed by atoms with Crippen LogP contribution in [-0.4, -0.2) is 21.0 Å². The highest BCUT2D eigenvalue weighted by Crippen LogP contribution is 2.20. The Balaban J connectivity index is 1.58. The normalized spacial score (nSPS) is 10.4. The highest BCUT2D eigenvalue weighted by atomic mass is 16.3. The molecule has 25 heavy (non-hydrogen) atoms. The summed E-state index contributed by atoms with van der Waals surface area (Å²) >= 11 is 0. The lowest BCUT2D eigenvalue weighted by molar-refractivity contribution is -0.116. The van der Waals surface area contributed by atoms with E-state index in [1.807, 2.05) is 31.2 Å². The first-order chi connectivity index (χ1) is 12.1. The van der Waals surface area contributed by atoms with Crippen molar-refractivity contribution in [3.8, 4) is 17.1 Å². The second-order valence-corrected chi connectivity index (χ2v) is 5.88. The third-order valence-electron chi connectivity index (χ3n) is 3.76. The minimum atomic E-state index is -0.0739. The molecule has 0 aliphatic rings. The van der Waals surface area contributed by atoms with Gasteiger partial charge in [0.05, 0.1) is 18.1 Å². The largest absolute Gasteiger partial charge is 0.508 e. The summed E-state index contributed by atoms with van der Waals surface area (Å²) in [5.74, 6) is 0.582. The molecule has 0 saturated heterocycles. The molecule has 5 nitrogen and oxygen atoms in total. The van der Waals surface area contributed by atoms with Crippen molar-refractivity contribution in [1.82, 2.24) is 9.97 Å². The molecule has 0 unspecified atom stereocenters. The molecule has 0 atom stereocenters. The zero-order valence-corrected chi connectivity index (χ0v) is 13.9. The van der Waals surface area contributed by atoms with E-state index in [9.17, 15) is 9.90 Å². The van der Waals surface area contributed by atoms with Gasteiger partial charge >= 0.3 is 0 Å². The number of phenols is 1. The summed E-state index contributed by atoms with van der Waals surface area (Å²) in [5.41, 5.74) is 3.61. The van der Waals surface area contributed by atoms with Gasteiger partial charge in [-0.1, -0.05) is 42.0 Å². The Morgan fingerprint density at radius 2 is 1.84 bits per heavy atom. The molecule has 2 aromatic carbocycles. The van der Waals surface area contributed by atoms with Crippen molar-refractivity contribution in [2.24, 2.45) is 0 Å². The van der Waals surface area contributed by atoms with Crippen molar-refractivity contribution < 1.29 is 9.90 Å². The minimum absolute atomic E-state index is 0.0739. The van der Waals surface area contributed by atoms with Crippen molar-refractivity contribution >= 4 is 11.6 Å². The molecule has 1 amide bonds. The summed E-state index contributed by atoms with van der Waals surface area (Å²) in [6.07, 6.45) is 4.22. The fraction of sp³-hybridized carbons (Fsp3) is 0.150. The fourth-order valence-corrected chi connectivity index (χ4v) is 2.54. The molecule has 0 saturated carbocycles. The molecule has 0 spiro atoms. The Kier molecular flexibility index (Phi) is 5.04. The number of benzene rings is 2. The average Bonchev–Trinajstić information content (AvgIpc) is 2.61. The van der Waals surface area contributed by atoms with Crippen molar-refractivity contribution in [3.05, 3.63) is 72.1 Å². The number of phenolic OH excluding ortho intramolecular Hbond substituents is 1. The molecular weight excluding hydrogens is 314 g/mol. The minimum Gasteiger partial charge on any atom is -0.508 e. The maximum atomic E-state index is 12.1. The van der Waals surface area contributed by atoms with E-state index < -0.39 is 0 Å². The molecule has 0 radical (unpaired) electrons. The van der Waals surface area contributed by atoms with Gasteiger partial charge in [0.25, 0.3) is 0 Å². The van der Waals surface area contributed by atoms with E-state index in [4.69, 9.17) is 0 Å². The number of carbonyl (C=O) groups excluding carboxylic acids is 1. The maximum absolute atomic E-state index is 12.1. The molecule has 0 aliphatic carbocycles. The molecule has 3 aromatic rings. The average molecular weight is 333 g/mol. The third-order valence-corrected chi connectivity index (χ3v) is 3.76. The number of rotatable bonds is 5. The standard InChI is InChI=1S/C20H19N3O2/c1-14-4-2-5-15(10-14)8-9-19(25)23-17-12-21-20(22-13-17)16-6-3-7-18(24)11-16/h2-7,10-13,24H,8-9H2,1H3,(H,23,25). The van der Waals surface area contributed by atoms with Crippen LogP contribution in [0, 0.1) is 6.92 Å². The van der Waals surface area contributed by atoms with Gasteiger partial charge in [0.15, 0.2) is 5.82 Å². The van der Waals surface area contributed by atoms with Crippen molar-refractivity contribution in [1.29, 1.82) is 0 Å². The number of aromatic nitrogens is 2. The van der Waals surface area contributed by atoms with Gasteiger partial charge in [0.1, 0.15) is 5.75 Å². The summed E-state index contributed by atoms with van der Waals surface area (Å²) in [7, 11) is 0. The number of aryl methyl sites for hydroxylation is 2. The van der Waals surface area contributed by atoms with Crippen LogP contribution in [0.4, 0.5) is 5.69 Å². The van der Waals surface area contributed by atoms with E-state index in [1.54, 1.807) is 30.6 Å². The lowest BCUT2D eigenvalue weighted by Crippen LogP contribution is -2.12. The lowest BCUT2D eigenvalue weighted by Gasteiger charge is -2.06. The maximum Gasteiger partial charge on any atom is 0.224 e. The first kappa shape index (κ1) is 16.6. The lowest BCUT2D eigenvalue weighted by atomic mass is 10.1. The second kappa shape index (κ2) is 7.57. The SMILES string of the molecule is Cc1cccc(CCC(=O)Nc2cnc(-c3cccc(O)c3)nc2)c1. The third kappa shape index (κ3) is 4.64. The molecular formula is C20H19N3O2. The van der Waals surface area contributed by atoms with Crippen molar-refractivity contribution in [3.63, 3.8) is 0 Å². The van der Waals surface area contributed by atoms with Gasteiger partial charge in [0.2, 0.25) is 5.91 Å². The monoisotopic (exact) mass is 333 g/mol. The quantitative estimate of drug-likeness (QED) is 0.746. The predicted octanol–water partition coefficient (Wildman–Crippen LogP) is 3.73. The van der Waals surface area contributed by atoms with Gasteiger partial charge in [-0.05, 0) is 31.0 Å². The molecule has 5 heteroatoms. The van der Waals surface area contributed by atoms with Crippen LogP contribution < -0.4 is 5.32 Å². The Bertz CT molecular complexity index is 876. The van der Waals surface area contributed by atoms with Crippen LogP contribution in [0.25, 0.3) is 11.4 Å². The molecule has 1 aromatic heterocycles. The predicted molar refractivity (Wildman–Crippen MR) is 97.3 cm³/mol. The highest BCUT2D eigenvalue weighted by Gasteiger charge is 2.06. The second-order valence-electron chi connectivity index (χ2n) is 5.88. The number of hydrogen-bond donors (Lipinski definition) is 2. The number of nitrogens with zero attached hydrogens (tertiary/aromatic N) is 2. The van der Waals surface area contributed by atoms with E-state index in [0.29, 0.717) is 24.4 Å². The van der Waals surface area contributed by atoms with Gasteiger partial charge in [-0.2, -0.15) is 0 Å². The number of anilines is 1. The number of nitrogens with one attached hydrogen (secondary N) is 1. The Morgan fingerprint density at radius 1 is 1.08 bits per heavy atom. The van der Waals surface area contributed by atoms with E-state index in [1.165, 1.54) is 5.56 Å². The van der Waals surface area contributed by atoms with E-state index in [2.05, 4.69) is 21.4 Å². The van der Waals surface area contributed by atoms with Crippen LogP contribution in [0.1, 0.15) is 17.5 Å². The number of carbonyl (C=O) groups is 1. The molecule has 0 aliphatic heterocycles.